The molecule has 0 fully saturated rings. The van der Waals surface area contributed by atoms with E-state index in [1.807, 2.05) is 6.07 Å². The number of benzene rings is 1. The molecule has 1 nitrogen and oxygen atoms in total. The molecule has 0 aliphatic carbocycles. The van der Waals surface area contributed by atoms with Crippen LogP contribution in [0.4, 0.5) is 0 Å². The normalized spacial score (nSPS) is 10.8. The van der Waals surface area contributed by atoms with Crippen LogP contribution in [0.25, 0.3) is 0 Å². The summed E-state index contributed by atoms with van der Waals surface area (Å²) in [7, 11) is 0. The molecule has 1 rings (SSSR count). The number of rotatable bonds is 1. The number of aromatic hydroxyl groups is 1. The molecule has 0 atom stereocenters. The zero-order valence-electron chi connectivity index (χ0n) is 6.94. The Morgan fingerprint density at radius 2 is 1.75 bits per heavy atom. The van der Waals surface area contributed by atoms with Crippen LogP contribution in [0.3, 0.4) is 0 Å². The van der Waals surface area contributed by atoms with Gasteiger partial charge in [-0.3, -0.25) is 0 Å². The SMILES string of the molecule is CC(C)c1cc(O)c(Br)cc1Br. The van der Waals surface area contributed by atoms with Crippen LogP contribution in [0, 0.1) is 0 Å². The summed E-state index contributed by atoms with van der Waals surface area (Å²) in [6.07, 6.45) is 0. The minimum absolute atomic E-state index is 0.293. The molecule has 0 aliphatic rings. The van der Waals surface area contributed by atoms with Crippen LogP contribution in [0.5, 0.6) is 5.75 Å². The molecule has 1 N–H and O–H groups in total. The third kappa shape index (κ3) is 2.02. The summed E-state index contributed by atoms with van der Waals surface area (Å²) >= 11 is 6.69. The van der Waals surface area contributed by atoms with Crippen molar-refractivity contribution < 1.29 is 5.11 Å². The number of hydrogen-bond donors (Lipinski definition) is 1. The van der Waals surface area contributed by atoms with E-state index in [2.05, 4.69) is 45.7 Å². The maximum atomic E-state index is 9.41. The van der Waals surface area contributed by atoms with Crippen LogP contribution in [-0.2, 0) is 0 Å². The van der Waals surface area contributed by atoms with Gasteiger partial charge in [0.25, 0.3) is 0 Å². The summed E-state index contributed by atoms with van der Waals surface area (Å²) in [5, 5.41) is 9.41. The van der Waals surface area contributed by atoms with Gasteiger partial charge in [-0.2, -0.15) is 0 Å². The fraction of sp³-hybridized carbons (Fsp3) is 0.333. The van der Waals surface area contributed by atoms with Crippen LogP contribution < -0.4 is 0 Å². The Hall–Kier alpha value is -0.0200. The van der Waals surface area contributed by atoms with Crippen molar-refractivity contribution in [1.29, 1.82) is 0 Å². The molecule has 0 unspecified atom stereocenters. The minimum Gasteiger partial charge on any atom is -0.507 e. The zero-order valence-corrected chi connectivity index (χ0v) is 10.1. The lowest BCUT2D eigenvalue weighted by Gasteiger charge is -2.09. The minimum atomic E-state index is 0.293. The maximum absolute atomic E-state index is 9.41. The molecule has 12 heavy (non-hydrogen) atoms. The first kappa shape index (κ1) is 10.1. The largest absolute Gasteiger partial charge is 0.507 e. The van der Waals surface area contributed by atoms with Gasteiger partial charge in [0, 0.05) is 4.47 Å². The number of phenols is 1. The molecule has 1 aromatic carbocycles. The Labute approximate surface area is 89.1 Å². The second-order valence-electron chi connectivity index (χ2n) is 2.98. The van der Waals surface area contributed by atoms with Crippen molar-refractivity contribution in [2.75, 3.05) is 0 Å². The average molecular weight is 294 g/mol. The maximum Gasteiger partial charge on any atom is 0.130 e. The molecule has 0 bridgehead atoms. The van der Waals surface area contributed by atoms with Crippen molar-refractivity contribution in [2.45, 2.75) is 19.8 Å². The standard InChI is InChI=1S/C9H10Br2O/c1-5(2)6-3-9(12)8(11)4-7(6)10/h3-5,12H,1-2H3. The van der Waals surface area contributed by atoms with E-state index in [4.69, 9.17) is 0 Å². The second-order valence-corrected chi connectivity index (χ2v) is 4.69. The summed E-state index contributed by atoms with van der Waals surface area (Å²) in [6.45, 7) is 4.18. The monoisotopic (exact) mass is 292 g/mol. The first-order valence-corrected chi connectivity index (χ1v) is 5.29. The molecular weight excluding hydrogens is 284 g/mol. The van der Waals surface area contributed by atoms with Crippen molar-refractivity contribution in [1.82, 2.24) is 0 Å². The molecular formula is C9H10Br2O. The van der Waals surface area contributed by atoms with E-state index >= 15 is 0 Å². The summed E-state index contributed by atoms with van der Waals surface area (Å²) in [5.41, 5.74) is 1.12. The lowest BCUT2D eigenvalue weighted by molar-refractivity contribution is 0.470. The first-order chi connectivity index (χ1) is 5.52. The predicted molar refractivity (Wildman–Crippen MR) is 57.6 cm³/mol. The molecule has 0 aliphatic heterocycles. The van der Waals surface area contributed by atoms with E-state index in [0.717, 1.165) is 14.5 Å². The molecule has 0 amide bonds. The topological polar surface area (TPSA) is 20.2 Å². The zero-order chi connectivity index (χ0) is 9.30. The van der Waals surface area contributed by atoms with Gasteiger partial charge in [-0.1, -0.05) is 29.8 Å². The third-order valence-electron chi connectivity index (χ3n) is 1.69. The highest BCUT2D eigenvalue weighted by atomic mass is 79.9. The van der Waals surface area contributed by atoms with Gasteiger partial charge in [-0.25, -0.2) is 0 Å². The summed E-state index contributed by atoms with van der Waals surface area (Å²) in [6, 6.07) is 3.64. The van der Waals surface area contributed by atoms with Gasteiger partial charge < -0.3 is 5.11 Å². The summed E-state index contributed by atoms with van der Waals surface area (Å²) in [4.78, 5) is 0. The Kier molecular flexibility index (Phi) is 3.18. The third-order valence-corrected chi connectivity index (χ3v) is 3.01. The molecule has 0 aromatic heterocycles. The Morgan fingerprint density at radius 1 is 1.17 bits per heavy atom. The van der Waals surface area contributed by atoms with Gasteiger partial charge >= 0.3 is 0 Å². The van der Waals surface area contributed by atoms with E-state index in [-0.39, 0.29) is 0 Å². The van der Waals surface area contributed by atoms with E-state index < -0.39 is 0 Å². The Morgan fingerprint density at radius 3 is 2.25 bits per heavy atom. The van der Waals surface area contributed by atoms with Crippen molar-refractivity contribution in [2.24, 2.45) is 0 Å². The van der Waals surface area contributed by atoms with Crippen LogP contribution in [0.15, 0.2) is 21.1 Å². The highest BCUT2D eigenvalue weighted by molar-refractivity contribution is 9.11. The molecule has 0 radical (unpaired) electrons. The van der Waals surface area contributed by atoms with E-state index in [0.29, 0.717) is 11.7 Å². The molecule has 1 aromatic rings. The first-order valence-electron chi connectivity index (χ1n) is 3.70. The summed E-state index contributed by atoms with van der Waals surface area (Å²) in [5.74, 6) is 0.709. The van der Waals surface area contributed by atoms with Gasteiger partial charge in [0.1, 0.15) is 5.75 Å². The van der Waals surface area contributed by atoms with Crippen molar-refractivity contribution in [3.63, 3.8) is 0 Å². The lowest BCUT2D eigenvalue weighted by atomic mass is 10.0. The van der Waals surface area contributed by atoms with Gasteiger partial charge in [0.15, 0.2) is 0 Å². The van der Waals surface area contributed by atoms with Crippen LogP contribution in [-0.4, -0.2) is 5.11 Å². The smallest absolute Gasteiger partial charge is 0.130 e. The van der Waals surface area contributed by atoms with Crippen molar-refractivity contribution >= 4 is 31.9 Å². The van der Waals surface area contributed by atoms with E-state index in [1.54, 1.807) is 6.07 Å². The average Bonchev–Trinajstić information content (AvgIpc) is 1.96. The highest BCUT2D eigenvalue weighted by Gasteiger charge is 2.08. The van der Waals surface area contributed by atoms with Crippen LogP contribution in [0.1, 0.15) is 25.3 Å². The quantitative estimate of drug-likeness (QED) is 0.828. The summed E-state index contributed by atoms with van der Waals surface area (Å²) < 4.78 is 1.75. The van der Waals surface area contributed by atoms with Gasteiger partial charge in [-0.15, -0.1) is 0 Å². The second kappa shape index (κ2) is 3.79. The van der Waals surface area contributed by atoms with Crippen molar-refractivity contribution in [3.05, 3.63) is 26.6 Å². The van der Waals surface area contributed by atoms with Crippen LogP contribution in [0.2, 0.25) is 0 Å². The number of halogens is 2. The molecule has 0 saturated carbocycles. The van der Waals surface area contributed by atoms with Gasteiger partial charge in [-0.05, 0) is 39.5 Å². The van der Waals surface area contributed by atoms with Gasteiger partial charge in [0.2, 0.25) is 0 Å². The lowest BCUT2D eigenvalue weighted by Crippen LogP contribution is -1.88. The molecule has 0 saturated heterocycles. The fourth-order valence-corrected chi connectivity index (χ4v) is 2.45. The van der Waals surface area contributed by atoms with E-state index in [9.17, 15) is 5.11 Å². The number of hydrogen-bond acceptors (Lipinski definition) is 1. The fourth-order valence-electron chi connectivity index (χ4n) is 0.996. The highest BCUT2D eigenvalue weighted by Crippen LogP contribution is 2.33. The predicted octanol–water partition coefficient (Wildman–Crippen LogP) is 4.04. The van der Waals surface area contributed by atoms with Gasteiger partial charge in [0.05, 0.1) is 4.47 Å². The Balaban J connectivity index is 3.23. The van der Waals surface area contributed by atoms with Crippen molar-refractivity contribution in [3.8, 4) is 5.75 Å². The molecule has 66 valence electrons. The molecule has 3 heteroatoms. The molecule has 0 heterocycles. The van der Waals surface area contributed by atoms with Crippen LogP contribution >= 0.6 is 31.9 Å². The number of phenolic OH excluding ortho intramolecular Hbond substituents is 1. The Bertz CT molecular complexity index is 295. The molecule has 0 spiro atoms. The van der Waals surface area contributed by atoms with E-state index in [1.165, 1.54) is 0 Å².